The Bertz CT molecular complexity index is 1170. The molecule has 1 radical (unpaired) electrons. The number of fused-ring (bicyclic) bond motifs is 1. The summed E-state index contributed by atoms with van der Waals surface area (Å²) < 4.78 is 37.7. The van der Waals surface area contributed by atoms with Crippen molar-refractivity contribution in [3.05, 3.63) is 89.9 Å². The van der Waals surface area contributed by atoms with Crippen LogP contribution >= 0.6 is 0 Å². The summed E-state index contributed by atoms with van der Waals surface area (Å²) in [5.41, 5.74) is 2.51. The van der Waals surface area contributed by atoms with Crippen molar-refractivity contribution >= 4 is 17.0 Å². The fourth-order valence-corrected chi connectivity index (χ4v) is 2.58. The number of carboxylic acid groups (broad SMARTS) is 1. The average Bonchev–Trinajstić information content (AvgIpc) is 2.74. The molecule has 0 spiro atoms. The summed E-state index contributed by atoms with van der Waals surface area (Å²) in [4.78, 5) is 22.6. The summed E-state index contributed by atoms with van der Waals surface area (Å²) in [6.45, 7) is 1.78. The Morgan fingerprint density at radius 3 is 2.10 bits per heavy atom. The van der Waals surface area contributed by atoms with Crippen molar-refractivity contribution in [2.75, 3.05) is 0 Å². The molecule has 0 amide bonds. The molecule has 161 valence electrons. The number of carboxylic acids is 1. The maximum Gasteiger partial charge on any atom is 0.381 e. The predicted octanol–water partition coefficient (Wildman–Crippen LogP) is 5.20. The number of para-hydroxylation sites is 2. The zero-order chi connectivity index (χ0) is 21.7. The van der Waals surface area contributed by atoms with Crippen LogP contribution in [0.5, 0.6) is 0 Å². The maximum atomic E-state index is 12.6. The molecule has 9 heteroatoms. The molecule has 0 atom stereocenters. The Kier molecular flexibility index (Phi) is 7.96. The molecule has 0 unspecified atom stereocenters. The van der Waals surface area contributed by atoms with Gasteiger partial charge < -0.3 is 5.11 Å². The van der Waals surface area contributed by atoms with Gasteiger partial charge in [0.25, 0.3) is 0 Å². The minimum absolute atomic E-state index is 0. The molecule has 1 N–H and O–H groups in total. The second-order valence-electron chi connectivity index (χ2n) is 6.16. The quantitative estimate of drug-likeness (QED) is 0.320. The number of nitrogens with zero attached hydrogens (tertiary/aromatic N) is 3. The first-order valence-electron chi connectivity index (χ1n) is 8.72. The van der Waals surface area contributed by atoms with Gasteiger partial charge in [0.1, 0.15) is 5.69 Å². The van der Waals surface area contributed by atoms with Crippen LogP contribution in [0.2, 0.25) is 0 Å². The second-order valence-corrected chi connectivity index (χ2v) is 6.16. The summed E-state index contributed by atoms with van der Waals surface area (Å²) in [6, 6.07) is 18.1. The van der Waals surface area contributed by atoms with E-state index in [9.17, 15) is 18.0 Å². The van der Waals surface area contributed by atoms with Crippen molar-refractivity contribution in [2.24, 2.45) is 0 Å². The average molecular weight is 603 g/mol. The van der Waals surface area contributed by atoms with E-state index in [1.165, 1.54) is 18.3 Å². The van der Waals surface area contributed by atoms with Crippen molar-refractivity contribution < 1.29 is 43.2 Å². The third-order valence-corrected chi connectivity index (χ3v) is 4.02. The fraction of sp³-hybridized carbons (Fsp3) is 0.0909. The van der Waals surface area contributed by atoms with Gasteiger partial charge in [-0.25, -0.2) is 9.78 Å². The van der Waals surface area contributed by atoms with Gasteiger partial charge >= 0.3 is 12.1 Å². The first-order chi connectivity index (χ1) is 14.3. The Balaban J connectivity index is 0.000000289. The van der Waals surface area contributed by atoms with Crippen LogP contribution in [0.1, 0.15) is 21.7 Å². The van der Waals surface area contributed by atoms with E-state index >= 15 is 0 Å². The minimum atomic E-state index is -4.36. The smallest absolute Gasteiger partial charge is 0.381 e. The van der Waals surface area contributed by atoms with Crippen LogP contribution in [0.25, 0.3) is 22.3 Å². The molecule has 4 rings (SSSR count). The van der Waals surface area contributed by atoms with E-state index in [0.717, 1.165) is 17.6 Å². The summed E-state index contributed by atoms with van der Waals surface area (Å²) in [7, 11) is 0. The number of aryl methyl sites for hydroxylation is 1. The Hall–Kier alpha value is -3.16. The summed E-state index contributed by atoms with van der Waals surface area (Å²) in [5, 5.41) is 8.32. The Labute approximate surface area is 189 Å². The van der Waals surface area contributed by atoms with E-state index in [1.54, 1.807) is 19.1 Å². The first-order valence-corrected chi connectivity index (χ1v) is 8.72. The van der Waals surface area contributed by atoms with Crippen molar-refractivity contribution in [3.8, 4) is 11.3 Å². The van der Waals surface area contributed by atoms with E-state index in [-0.39, 0.29) is 25.8 Å². The Morgan fingerprint density at radius 1 is 0.968 bits per heavy atom. The standard InChI is InChI=1S/C16H10F3N2.C6H5NO2.Ir/c1-10-15(21-14-5-3-2-4-13(14)20-10)11-6-8-12(9-7-11)16(17,18)19;8-6(9)5-3-1-2-4-7-5;/h2-6,8-9H,1H3;1-4H,(H,8,9);/q-1;;. The van der Waals surface area contributed by atoms with Crippen molar-refractivity contribution in [3.63, 3.8) is 0 Å². The fourth-order valence-electron chi connectivity index (χ4n) is 2.58. The van der Waals surface area contributed by atoms with Crippen LogP contribution in [0.4, 0.5) is 13.2 Å². The number of carbonyl (C=O) groups is 1. The number of hydrogen-bond acceptors (Lipinski definition) is 4. The van der Waals surface area contributed by atoms with Crippen molar-refractivity contribution in [2.45, 2.75) is 13.1 Å². The molecule has 2 heterocycles. The van der Waals surface area contributed by atoms with Crippen molar-refractivity contribution in [1.29, 1.82) is 0 Å². The van der Waals surface area contributed by atoms with Crippen LogP contribution in [0.15, 0.2) is 66.9 Å². The van der Waals surface area contributed by atoms with Crippen molar-refractivity contribution in [1.82, 2.24) is 15.0 Å². The molecule has 0 bridgehead atoms. The van der Waals surface area contributed by atoms with Gasteiger partial charge in [-0.15, -0.1) is 29.8 Å². The monoisotopic (exact) mass is 603 g/mol. The molecule has 2 aromatic carbocycles. The molecule has 0 saturated heterocycles. The number of aromatic carboxylic acids is 1. The van der Waals surface area contributed by atoms with Crippen LogP contribution < -0.4 is 0 Å². The molecule has 2 aromatic heterocycles. The van der Waals surface area contributed by atoms with Crippen LogP contribution in [0.3, 0.4) is 0 Å². The molecule has 4 aromatic rings. The molecule has 0 saturated carbocycles. The van der Waals surface area contributed by atoms with Crippen LogP contribution in [0, 0.1) is 13.0 Å². The number of rotatable bonds is 2. The maximum absolute atomic E-state index is 12.6. The van der Waals surface area contributed by atoms with E-state index < -0.39 is 17.7 Å². The summed E-state index contributed by atoms with van der Waals surface area (Å²) in [5.74, 6) is -0.990. The molecule has 31 heavy (non-hydrogen) atoms. The molecule has 0 aliphatic carbocycles. The number of pyridine rings is 1. The predicted molar refractivity (Wildman–Crippen MR) is 105 cm³/mol. The molecular weight excluding hydrogens is 587 g/mol. The van der Waals surface area contributed by atoms with Gasteiger partial charge in [0.05, 0.1) is 11.0 Å². The van der Waals surface area contributed by atoms with Gasteiger partial charge in [0.15, 0.2) is 0 Å². The zero-order valence-electron chi connectivity index (χ0n) is 16.0. The third-order valence-electron chi connectivity index (χ3n) is 4.02. The van der Waals surface area contributed by atoms with Gasteiger partial charge in [-0.1, -0.05) is 18.2 Å². The van der Waals surface area contributed by atoms with Gasteiger partial charge in [-0.05, 0) is 36.8 Å². The van der Waals surface area contributed by atoms with Gasteiger partial charge in [0, 0.05) is 37.7 Å². The molecular formula is C22H15F3IrN3O2-. The SMILES string of the molecule is Cc1nc2ccccc2nc1-c1[c-]cc(C(F)(F)F)cc1.O=C(O)c1ccccn1.[Ir]. The Morgan fingerprint density at radius 2 is 1.61 bits per heavy atom. The first kappa shape index (κ1) is 24.1. The zero-order valence-corrected chi connectivity index (χ0v) is 18.4. The number of hydrogen-bond donors (Lipinski definition) is 1. The summed E-state index contributed by atoms with van der Waals surface area (Å²) in [6.07, 6.45) is -2.91. The number of benzene rings is 2. The summed E-state index contributed by atoms with van der Waals surface area (Å²) >= 11 is 0. The van der Waals surface area contributed by atoms with E-state index in [2.05, 4.69) is 21.0 Å². The second kappa shape index (κ2) is 10.2. The molecule has 0 fully saturated rings. The number of aromatic nitrogens is 3. The van der Waals surface area contributed by atoms with Crippen LogP contribution in [-0.4, -0.2) is 26.0 Å². The molecule has 5 nitrogen and oxygen atoms in total. The molecule has 0 aliphatic heterocycles. The molecule has 0 aliphatic rings. The van der Waals surface area contributed by atoms with E-state index in [4.69, 9.17) is 5.11 Å². The normalized spacial score (nSPS) is 10.6. The topological polar surface area (TPSA) is 76.0 Å². The van der Waals surface area contributed by atoms with Gasteiger partial charge in [0.2, 0.25) is 0 Å². The van der Waals surface area contributed by atoms with Gasteiger partial charge in [-0.3, -0.25) is 9.97 Å². The largest absolute Gasteiger partial charge is 0.477 e. The third kappa shape index (κ3) is 6.16. The number of halogens is 3. The minimum Gasteiger partial charge on any atom is -0.477 e. The number of alkyl halides is 3. The van der Waals surface area contributed by atoms with E-state index in [0.29, 0.717) is 22.5 Å². The van der Waals surface area contributed by atoms with Crippen LogP contribution in [-0.2, 0) is 26.3 Å². The van der Waals surface area contributed by atoms with Gasteiger partial charge in [-0.2, -0.15) is 13.2 Å². The van der Waals surface area contributed by atoms with E-state index in [1.807, 2.05) is 24.3 Å².